The van der Waals surface area contributed by atoms with E-state index in [0.717, 1.165) is 30.6 Å². The SMILES string of the molecule is COC(=O)C1COC2(C1)CN(Cc1cccc(C)c1O)C2. The summed E-state index contributed by atoms with van der Waals surface area (Å²) < 4.78 is 10.6. The summed E-state index contributed by atoms with van der Waals surface area (Å²) in [6, 6.07) is 5.80. The number of hydrogen-bond acceptors (Lipinski definition) is 5. The predicted molar refractivity (Wildman–Crippen MR) is 76.9 cm³/mol. The monoisotopic (exact) mass is 291 g/mol. The Morgan fingerprint density at radius 1 is 1.52 bits per heavy atom. The summed E-state index contributed by atoms with van der Waals surface area (Å²) in [6.45, 7) is 4.66. The van der Waals surface area contributed by atoms with Crippen LogP contribution in [0.2, 0.25) is 0 Å². The van der Waals surface area contributed by atoms with E-state index < -0.39 is 0 Å². The number of esters is 1. The van der Waals surface area contributed by atoms with Crippen molar-refractivity contribution in [1.29, 1.82) is 0 Å². The summed E-state index contributed by atoms with van der Waals surface area (Å²) in [5.41, 5.74) is 1.64. The highest BCUT2D eigenvalue weighted by atomic mass is 16.5. The maximum Gasteiger partial charge on any atom is 0.311 e. The summed E-state index contributed by atoms with van der Waals surface area (Å²) in [7, 11) is 1.42. The maximum absolute atomic E-state index is 11.5. The smallest absolute Gasteiger partial charge is 0.311 e. The van der Waals surface area contributed by atoms with Crippen molar-refractivity contribution in [3.63, 3.8) is 0 Å². The van der Waals surface area contributed by atoms with E-state index in [2.05, 4.69) is 4.90 Å². The molecule has 21 heavy (non-hydrogen) atoms. The Hall–Kier alpha value is -1.59. The van der Waals surface area contributed by atoms with Crippen LogP contribution >= 0.6 is 0 Å². The van der Waals surface area contributed by atoms with Gasteiger partial charge in [-0.15, -0.1) is 0 Å². The average Bonchev–Trinajstić information content (AvgIpc) is 2.88. The molecule has 0 amide bonds. The zero-order valence-electron chi connectivity index (χ0n) is 12.5. The second-order valence-corrected chi connectivity index (χ2v) is 6.15. The molecule has 1 unspecified atom stereocenters. The van der Waals surface area contributed by atoms with Gasteiger partial charge >= 0.3 is 5.97 Å². The van der Waals surface area contributed by atoms with Gasteiger partial charge in [0, 0.05) is 25.2 Å². The summed E-state index contributed by atoms with van der Waals surface area (Å²) >= 11 is 0. The van der Waals surface area contributed by atoms with Crippen molar-refractivity contribution >= 4 is 5.97 Å². The van der Waals surface area contributed by atoms with E-state index in [0.29, 0.717) is 18.9 Å². The minimum Gasteiger partial charge on any atom is -0.507 e. The second-order valence-electron chi connectivity index (χ2n) is 6.15. The van der Waals surface area contributed by atoms with E-state index >= 15 is 0 Å². The van der Waals surface area contributed by atoms with Gasteiger partial charge in [0.1, 0.15) is 5.75 Å². The number of rotatable bonds is 3. The molecule has 5 nitrogen and oxygen atoms in total. The van der Waals surface area contributed by atoms with Crippen molar-refractivity contribution in [3.05, 3.63) is 29.3 Å². The van der Waals surface area contributed by atoms with E-state index in [-0.39, 0.29) is 17.5 Å². The number of phenolic OH excluding ortho intramolecular Hbond substituents is 1. The largest absolute Gasteiger partial charge is 0.507 e. The lowest BCUT2D eigenvalue weighted by Gasteiger charge is -2.47. The number of aryl methyl sites for hydroxylation is 1. The molecule has 1 N–H and O–H groups in total. The van der Waals surface area contributed by atoms with Gasteiger partial charge in [-0.1, -0.05) is 18.2 Å². The lowest BCUT2D eigenvalue weighted by Crippen LogP contribution is -2.60. The van der Waals surface area contributed by atoms with Crippen LogP contribution in [0.5, 0.6) is 5.75 Å². The van der Waals surface area contributed by atoms with Gasteiger partial charge in [-0.3, -0.25) is 9.69 Å². The zero-order valence-corrected chi connectivity index (χ0v) is 12.5. The number of aromatic hydroxyl groups is 1. The first-order valence-corrected chi connectivity index (χ1v) is 7.24. The molecule has 114 valence electrons. The van der Waals surface area contributed by atoms with Crippen molar-refractivity contribution in [1.82, 2.24) is 4.90 Å². The van der Waals surface area contributed by atoms with Gasteiger partial charge in [-0.05, 0) is 18.9 Å². The van der Waals surface area contributed by atoms with E-state index in [1.807, 2.05) is 25.1 Å². The number of ether oxygens (including phenoxy) is 2. The van der Waals surface area contributed by atoms with Crippen molar-refractivity contribution in [2.45, 2.75) is 25.5 Å². The van der Waals surface area contributed by atoms with Crippen molar-refractivity contribution in [2.75, 3.05) is 26.8 Å². The van der Waals surface area contributed by atoms with Gasteiger partial charge in [0.05, 0.1) is 25.2 Å². The summed E-state index contributed by atoms with van der Waals surface area (Å²) in [5.74, 6) is 0.0596. The van der Waals surface area contributed by atoms with Gasteiger partial charge in [0.2, 0.25) is 0 Å². The van der Waals surface area contributed by atoms with Crippen molar-refractivity contribution < 1.29 is 19.4 Å². The zero-order chi connectivity index (χ0) is 15.0. The first-order chi connectivity index (χ1) is 10.0. The molecule has 2 fully saturated rings. The van der Waals surface area contributed by atoms with Gasteiger partial charge in [0.25, 0.3) is 0 Å². The first kappa shape index (κ1) is 14.4. The Balaban J connectivity index is 1.57. The molecule has 1 spiro atoms. The minimum absolute atomic E-state index is 0.135. The van der Waals surface area contributed by atoms with Crippen LogP contribution in [0.25, 0.3) is 0 Å². The molecular weight excluding hydrogens is 270 g/mol. The fourth-order valence-electron chi connectivity index (χ4n) is 3.35. The van der Waals surface area contributed by atoms with Crippen molar-refractivity contribution in [3.8, 4) is 5.75 Å². The van der Waals surface area contributed by atoms with E-state index in [4.69, 9.17) is 9.47 Å². The second kappa shape index (κ2) is 5.31. The van der Waals surface area contributed by atoms with Gasteiger partial charge < -0.3 is 14.6 Å². The molecule has 5 heteroatoms. The van der Waals surface area contributed by atoms with Crippen LogP contribution < -0.4 is 0 Å². The molecule has 2 aliphatic rings. The summed E-state index contributed by atoms with van der Waals surface area (Å²) in [6.07, 6.45) is 0.732. The Kier molecular flexibility index (Phi) is 3.63. The van der Waals surface area contributed by atoms with E-state index in [9.17, 15) is 9.90 Å². The van der Waals surface area contributed by atoms with E-state index in [1.165, 1.54) is 7.11 Å². The summed E-state index contributed by atoms with van der Waals surface area (Å²) in [5, 5.41) is 10.1. The Bertz CT molecular complexity index is 551. The maximum atomic E-state index is 11.5. The molecule has 2 heterocycles. The number of hydrogen-bond donors (Lipinski definition) is 1. The molecule has 0 aliphatic carbocycles. The number of nitrogens with zero attached hydrogens (tertiary/aromatic N) is 1. The molecular formula is C16H21NO4. The van der Waals surface area contributed by atoms with Crippen LogP contribution in [0, 0.1) is 12.8 Å². The third-order valence-electron chi connectivity index (χ3n) is 4.48. The topological polar surface area (TPSA) is 59.0 Å². The molecule has 2 saturated heterocycles. The highest BCUT2D eigenvalue weighted by molar-refractivity contribution is 5.73. The number of carbonyl (C=O) groups is 1. The third kappa shape index (κ3) is 2.63. The standard InChI is InChI=1S/C16H21NO4/c1-11-4-3-5-12(14(11)18)7-17-9-16(10-17)6-13(8-21-16)15(19)20-2/h3-5,13,18H,6-10H2,1-2H3. The van der Waals surface area contributed by atoms with Crippen molar-refractivity contribution in [2.24, 2.45) is 5.92 Å². The number of methoxy groups -OCH3 is 1. The van der Waals surface area contributed by atoms with Gasteiger partial charge in [0.15, 0.2) is 0 Å². The van der Waals surface area contributed by atoms with Crippen LogP contribution in [0.1, 0.15) is 17.5 Å². The first-order valence-electron chi connectivity index (χ1n) is 7.24. The fourth-order valence-corrected chi connectivity index (χ4v) is 3.35. The molecule has 1 aromatic rings. The van der Waals surface area contributed by atoms with Gasteiger partial charge in [-0.25, -0.2) is 0 Å². The molecule has 2 aliphatic heterocycles. The van der Waals surface area contributed by atoms with E-state index in [1.54, 1.807) is 0 Å². The van der Waals surface area contributed by atoms with Crippen LogP contribution in [-0.4, -0.2) is 48.4 Å². The Morgan fingerprint density at radius 2 is 2.29 bits per heavy atom. The molecule has 1 aromatic carbocycles. The highest BCUT2D eigenvalue weighted by Crippen LogP contribution is 2.39. The van der Waals surface area contributed by atoms with Crippen LogP contribution in [0.3, 0.4) is 0 Å². The number of carbonyl (C=O) groups excluding carboxylic acids is 1. The normalized spacial score (nSPS) is 24.0. The highest BCUT2D eigenvalue weighted by Gasteiger charge is 2.51. The predicted octanol–water partition coefficient (Wildman–Crippen LogP) is 1.46. The number of para-hydroxylation sites is 1. The lowest BCUT2D eigenvalue weighted by atomic mass is 9.86. The molecule has 1 atom stereocenters. The molecule has 3 rings (SSSR count). The molecule has 0 bridgehead atoms. The number of likely N-dealkylation sites (tertiary alicyclic amines) is 1. The van der Waals surface area contributed by atoms with Crippen LogP contribution in [0.4, 0.5) is 0 Å². The fraction of sp³-hybridized carbons (Fsp3) is 0.562. The van der Waals surface area contributed by atoms with Crippen LogP contribution in [-0.2, 0) is 20.8 Å². The third-order valence-corrected chi connectivity index (χ3v) is 4.48. The Morgan fingerprint density at radius 3 is 3.00 bits per heavy atom. The Labute approximate surface area is 124 Å². The number of phenols is 1. The van der Waals surface area contributed by atoms with Gasteiger partial charge in [-0.2, -0.15) is 0 Å². The number of benzene rings is 1. The van der Waals surface area contributed by atoms with Crippen LogP contribution in [0.15, 0.2) is 18.2 Å². The minimum atomic E-state index is -0.196. The molecule has 0 aromatic heterocycles. The summed E-state index contributed by atoms with van der Waals surface area (Å²) in [4.78, 5) is 13.8. The quantitative estimate of drug-likeness (QED) is 0.855. The average molecular weight is 291 g/mol. The molecule has 0 radical (unpaired) electrons. The lowest BCUT2D eigenvalue weighted by molar-refractivity contribution is -0.145. The molecule has 0 saturated carbocycles.